The van der Waals surface area contributed by atoms with E-state index in [-0.39, 0.29) is 24.0 Å². The van der Waals surface area contributed by atoms with Gasteiger partial charge in [-0.2, -0.15) is 0 Å². The maximum atomic E-state index is 11.7. The molecule has 0 radical (unpaired) electrons. The van der Waals surface area contributed by atoms with Gasteiger partial charge in [0, 0.05) is 65.3 Å². The Hall–Kier alpha value is -1.35. The number of rotatable bonds is 7. The molecule has 1 aromatic rings. The first-order valence-corrected chi connectivity index (χ1v) is 10.3. The second-order valence-electron chi connectivity index (χ2n) is 7.32. The van der Waals surface area contributed by atoms with Gasteiger partial charge in [-0.05, 0) is 25.3 Å². The largest absolute Gasteiger partial charge is 0.357 e. The van der Waals surface area contributed by atoms with Gasteiger partial charge in [-0.25, -0.2) is 0 Å². The van der Waals surface area contributed by atoms with Gasteiger partial charge >= 0.3 is 0 Å². The highest BCUT2D eigenvalue weighted by Crippen LogP contribution is 2.10. The van der Waals surface area contributed by atoms with Crippen molar-refractivity contribution < 1.29 is 4.79 Å². The number of halogens is 1. The minimum atomic E-state index is 0. The van der Waals surface area contributed by atoms with Crippen molar-refractivity contribution in [2.24, 2.45) is 4.99 Å². The van der Waals surface area contributed by atoms with Crippen LogP contribution >= 0.6 is 24.0 Å². The fourth-order valence-electron chi connectivity index (χ4n) is 3.77. The van der Waals surface area contributed by atoms with E-state index in [2.05, 4.69) is 52.4 Å². The van der Waals surface area contributed by atoms with Crippen LogP contribution in [0.4, 0.5) is 0 Å². The lowest BCUT2D eigenvalue weighted by molar-refractivity contribution is -0.127. The molecule has 0 spiro atoms. The van der Waals surface area contributed by atoms with Gasteiger partial charge in [-0.15, -0.1) is 24.0 Å². The molecular weight excluding hydrogens is 465 g/mol. The normalized spacial score (nSPS) is 18.3. The molecule has 2 aliphatic heterocycles. The quantitative estimate of drug-likeness (QED) is 0.271. The minimum absolute atomic E-state index is 0. The molecule has 0 unspecified atom stereocenters. The molecule has 2 saturated heterocycles. The van der Waals surface area contributed by atoms with Crippen molar-refractivity contribution in [3.05, 3.63) is 35.9 Å². The summed E-state index contributed by atoms with van der Waals surface area (Å²) in [4.78, 5) is 23.3. The summed E-state index contributed by atoms with van der Waals surface area (Å²) in [6.45, 7) is 10.7. The number of carbonyl (C=O) groups is 1. The second kappa shape index (κ2) is 12.3. The summed E-state index contributed by atoms with van der Waals surface area (Å²) in [5.41, 5.74) is 1.38. The van der Waals surface area contributed by atoms with Gasteiger partial charge in [-0.3, -0.25) is 14.7 Å². The number of aliphatic imine (C=N–C) groups is 1. The van der Waals surface area contributed by atoms with E-state index in [1.54, 1.807) is 0 Å². The number of nitrogens with zero attached hydrogens (tertiary/aromatic N) is 4. The van der Waals surface area contributed by atoms with Crippen molar-refractivity contribution >= 4 is 35.8 Å². The molecule has 1 aromatic carbocycles. The lowest BCUT2D eigenvalue weighted by Gasteiger charge is -2.36. The van der Waals surface area contributed by atoms with Gasteiger partial charge in [0.15, 0.2) is 5.96 Å². The third-order valence-electron chi connectivity index (χ3n) is 5.27. The second-order valence-corrected chi connectivity index (χ2v) is 7.32. The monoisotopic (exact) mass is 499 g/mol. The lowest BCUT2D eigenvalue weighted by Crippen LogP contribution is -2.52. The van der Waals surface area contributed by atoms with Gasteiger partial charge in [-0.1, -0.05) is 30.3 Å². The van der Waals surface area contributed by atoms with E-state index < -0.39 is 0 Å². The Morgan fingerprint density at radius 3 is 2.50 bits per heavy atom. The Labute approximate surface area is 186 Å². The minimum Gasteiger partial charge on any atom is -0.357 e. The van der Waals surface area contributed by atoms with Crippen molar-refractivity contribution in [3.8, 4) is 0 Å². The van der Waals surface area contributed by atoms with Gasteiger partial charge < -0.3 is 15.1 Å². The molecule has 1 amide bonds. The molecule has 3 rings (SSSR count). The number of hydrogen-bond donors (Lipinski definition) is 1. The molecule has 2 heterocycles. The highest BCUT2D eigenvalue weighted by atomic mass is 127. The van der Waals surface area contributed by atoms with Crippen LogP contribution < -0.4 is 5.32 Å². The maximum Gasteiger partial charge on any atom is 0.222 e. The Morgan fingerprint density at radius 2 is 1.86 bits per heavy atom. The molecule has 2 aliphatic rings. The van der Waals surface area contributed by atoms with Gasteiger partial charge in [0.1, 0.15) is 0 Å². The fraction of sp³-hybridized carbons (Fsp3) is 0.619. The Kier molecular flexibility index (Phi) is 10.0. The zero-order valence-corrected chi connectivity index (χ0v) is 19.3. The molecule has 2 fully saturated rings. The molecule has 0 saturated carbocycles. The number of nitrogens with one attached hydrogen (secondary N) is 1. The summed E-state index contributed by atoms with van der Waals surface area (Å²) >= 11 is 0. The van der Waals surface area contributed by atoms with E-state index in [0.717, 1.165) is 84.1 Å². The van der Waals surface area contributed by atoms with E-state index in [4.69, 9.17) is 4.99 Å². The highest BCUT2D eigenvalue weighted by molar-refractivity contribution is 14.0. The van der Waals surface area contributed by atoms with Crippen molar-refractivity contribution in [2.45, 2.75) is 32.7 Å². The van der Waals surface area contributed by atoms with Crippen LogP contribution in [0.15, 0.2) is 35.3 Å². The molecule has 0 aromatic heterocycles. The zero-order valence-electron chi connectivity index (χ0n) is 17.0. The molecule has 0 bridgehead atoms. The van der Waals surface area contributed by atoms with E-state index in [1.165, 1.54) is 5.56 Å². The third kappa shape index (κ3) is 6.92. The average molecular weight is 499 g/mol. The first-order chi connectivity index (χ1) is 13.3. The van der Waals surface area contributed by atoms with Gasteiger partial charge in [0.2, 0.25) is 5.91 Å². The van der Waals surface area contributed by atoms with Crippen molar-refractivity contribution in [3.63, 3.8) is 0 Å². The number of hydrogen-bond acceptors (Lipinski definition) is 3. The number of carbonyl (C=O) groups excluding carboxylic acids is 1. The summed E-state index contributed by atoms with van der Waals surface area (Å²) in [5.74, 6) is 1.32. The van der Waals surface area contributed by atoms with Crippen molar-refractivity contribution in [2.75, 3.05) is 52.4 Å². The third-order valence-corrected chi connectivity index (χ3v) is 5.27. The van der Waals surface area contributed by atoms with Gasteiger partial charge in [0.25, 0.3) is 0 Å². The molecule has 156 valence electrons. The number of amides is 1. The molecule has 0 atom stereocenters. The lowest BCUT2D eigenvalue weighted by atomic mass is 10.2. The van der Waals surface area contributed by atoms with Crippen LogP contribution in [0.25, 0.3) is 0 Å². The SMILES string of the molecule is CCNC(=NCCCN1CCCC1=O)N1CCN(Cc2ccccc2)CC1.I. The summed E-state index contributed by atoms with van der Waals surface area (Å²) in [6.07, 6.45) is 2.67. The smallest absolute Gasteiger partial charge is 0.222 e. The molecular formula is C21H34IN5O. The number of piperazine rings is 1. The predicted molar refractivity (Wildman–Crippen MR) is 125 cm³/mol. The predicted octanol–water partition coefficient (Wildman–Crippen LogP) is 2.40. The van der Waals surface area contributed by atoms with Crippen LogP contribution in [0.3, 0.4) is 0 Å². The van der Waals surface area contributed by atoms with E-state index in [1.807, 2.05) is 4.90 Å². The van der Waals surface area contributed by atoms with E-state index in [0.29, 0.717) is 5.91 Å². The maximum absolute atomic E-state index is 11.7. The zero-order chi connectivity index (χ0) is 18.9. The molecule has 7 heteroatoms. The number of likely N-dealkylation sites (tertiary alicyclic amines) is 1. The Balaban J connectivity index is 0.00000280. The van der Waals surface area contributed by atoms with Gasteiger partial charge in [0.05, 0.1) is 0 Å². The fourth-order valence-corrected chi connectivity index (χ4v) is 3.77. The van der Waals surface area contributed by atoms with Crippen LogP contribution in [0.2, 0.25) is 0 Å². The summed E-state index contributed by atoms with van der Waals surface area (Å²) in [5, 5.41) is 3.43. The highest BCUT2D eigenvalue weighted by Gasteiger charge is 2.20. The van der Waals surface area contributed by atoms with Crippen LogP contribution in [-0.2, 0) is 11.3 Å². The van der Waals surface area contributed by atoms with E-state index >= 15 is 0 Å². The first-order valence-electron chi connectivity index (χ1n) is 10.3. The topological polar surface area (TPSA) is 51.2 Å². The number of benzene rings is 1. The Bertz CT molecular complexity index is 616. The molecule has 1 N–H and O–H groups in total. The van der Waals surface area contributed by atoms with E-state index in [9.17, 15) is 4.79 Å². The summed E-state index contributed by atoms with van der Waals surface area (Å²) in [6, 6.07) is 10.7. The standard InChI is InChI=1S/C21H33N5O.HI/c1-2-22-21(23-11-7-13-25-12-6-10-20(25)27)26-16-14-24(15-17-26)18-19-8-4-3-5-9-19;/h3-5,8-9H,2,6-7,10-18H2,1H3,(H,22,23);1H. The summed E-state index contributed by atoms with van der Waals surface area (Å²) < 4.78 is 0. The van der Waals surface area contributed by atoms with Crippen molar-refractivity contribution in [1.29, 1.82) is 0 Å². The van der Waals surface area contributed by atoms with Crippen molar-refractivity contribution in [1.82, 2.24) is 20.0 Å². The Morgan fingerprint density at radius 1 is 1.11 bits per heavy atom. The number of guanidine groups is 1. The average Bonchev–Trinajstić information content (AvgIpc) is 3.11. The van der Waals surface area contributed by atoms with Crippen LogP contribution in [0.5, 0.6) is 0 Å². The van der Waals surface area contributed by atoms with Crippen LogP contribution in [0, 0.1) is 0 Å². The molecule has 0 aliphatic carbocycles. The summed E-state index contributed by atoms with van der Waals surface area (Å²) in [7, 11) is 0. The molecule has 28 heavy (non-hydrogen) atoms. The first kappa shape index (κ1) is 22.9. The molecule has 6 nitrogen and oxygen atoms in total. The van der Waals surface area contributed by atoms with Crippen LogP contribution in [0.1, 0.15) is 31.7 Å². The van der Waals surface area contributed by atoms with Crippen LogP contribution in [-0.4, -0.2) is 78.9 Å².